The van der Waals surface area contributed by atoms with E-state index < -0.39 is 0 Å². The fourth-order valence-corrected chi connectivity index (χ4v) is 15.8. The van der Waals surface area contributed by atoms with Crippen LogP contribution >= 0.6 is 0 Å². The predicted molar refractivity (Wildman–Crippen MR) is 384 cm³/mol. The molecule has 0 spiro atoms. The molecule has 0 aliphatic carbocycles. The maximum absolute atomic E-state index is 2.73. The van der Waals surface area contributed by atoms with Crippen LogP contribution < -0.4 is 32.8 Å². The molecule has 13 aromatic rings. The summed E-state index contributed by atoms with van der Waals surface area (Å²) in [7, 11) is 0. The van der Waals surface area contributed by atoms with Crippen LogP contribution in [0.2, 0.25) is 0 Å². The van der Waals surface area contributed by atoms with Crippen LogP contribution in [0.25, 0.3) is 99.5 Å². The van der Waals surface area contributed by atoms with E-state index in [1.165, 1.54) is 166 Å². The first-order valence-electron chi connectivity index (χ1n) is 32.6. The molecule has 2 aliphatic heterocycles. The molecule has 2 aliphatic rings. The molecule has 0 atom stereocenters. The lowest BCUT2D eigenvalue weighted by atomic mass is 9.31. The molecule has 88 heavy (non-hydrogen) atoms. The van der Waals surface area contributed by atoms with Crippen molar-refractivity contribution in [1.82, 2.24) is 9.13 Å². The summed E-state index contributed by atoms with van der Waals surface area (Å²) in [6.45, 7) is 28.8. The van der Waals surface area contributed by atoms with Crippen molar-refractivity contribution in [3.63, 3.8) is 0 Å². The summed E-state index contributed by atoms with van der Waals surface area (Å²) in [4.78, 5) is 0. The van der Waals surface area contributed by atoms with Crippen molar-refractivity contribution in [1.29, 1.82) is 0 Å². The van der Waals surface area contributed by atoms with E-state index in [1.807, 2.05) is 0 Å². The lowest BCUT2D eigenvalue weighted by Crippen LogP contribution is -2.61. The van der Waals surface area contributed by atoms with E-state index in [9.17, 15) is 0 Å². The van der Waals surface area contributed by atoms with Crippen molar-refractivity contribution >= 4 is 89.8 Å². The summed E-state index contributed by atoms with van der Waals surface area (Å²) in [6, 6.07) is 84.8. The Kier molecular flexibility index (Phi) is 13.6. The summed E-state index contributed by atoms with van der Waals surface area (Å²) < 4.78 is 5.46. The number of nitrogens with zero attached hydrogens (tertiary/aromatic N) is 2. The van der Waals surface area contributed by atoms with Gasteiger partial charge < -0.3 is 9.13 Å². The molecule has 0 amide bonds. The second kappa shape index (κ2) is 21.5. The van der Waals surface area contributed by atoms with E-state index in [1.54, 1.807) is 0 Å². The minimum absolute atomic E-state index is 0.0886. The molecular weight excluding hydrogens is 1060 g/mol. The van der Waals surface area contributed by atoms with Crippen LogP contribution in [0.5, 0.6) is 0 Å². The summed E-state index contributed by atoms with van der Waals surface area (Å²) in [5.74, 6) is 1.90. The lowest BCUT2D eigenvalue weighted by molar-refractivity contribution is 0.812. The first kappa shape index (κ1) is 55.7. The van der Waals surface area contributed by atoms with Crippen LogP contribution in [0, 0.1) is 0 Å². The van der Waals surface area contributed by atoms with E-state index >= 15 is 0 Å². The summed E-state index contributed by atoms with van der Waals surface area (Å²) in [5, 5.41) is 5.19. The van der Waals surface area contributed by atoms with Gasteiger partial charge in [0, 0.05) is 44.0 Å². The molecule has 430 valence electrons. The van der Waals surface area contributed by atoms with Crippen molar-refractivity contribution < 1.29 is 0 Å². The van der Waals surface area contributed by atoms with Crippen LogP contribution in [-0.2, 0) is 0 Å². The molecule has 0 radical (unpaired) electrons. The molecule has 0 saturated carbocycles. The Hall–Kier alpha value is -8.85. The molecular formula is C84H78B2N2. The van der Waals surface area contributed by atoms with Gasteiger partial charge in [0.25, 0.3) is 0 Å². The molecule has 2 aromatic heterocycles. The van der Waals surface area contributed by atoms with E-state index in [2.05, 4.69) is 311 Å². The highest BCUT2D eigenvalue weighted by Crippen LogP contribution is 2.45. The van der Waals surface area contributed by atoms with Crippen molar-refractivity contribution in [3.05, 3.63) is 252 Å². The number of fused-ring (bicyclic) bond motifs is 10. The second-order valence-electron chi connectivity index (χ2n) is 27.4. The summed E-state index contributed by atoms with van der Waals surface area (Å²) >= 11 is 0. The maximum atomic E-state index is 2.73. The van der Waals surface area contributed by atoms with Gasteiger partial charge in [-0.15, -0.1) is 0 Å². The van der Waals surface area contributed by atoms with Gasteiger partial charge in [-0.25, -0.2) is 0 Å². The number of hydrogen-bond acceptors (Lipinski definition) is 0. The molecule has 0 saturated heterocycles. The van der Waals surface area contributed by atoms with Crippen molar-refractivity contribution in [2.75, 3.05) is 0 Å². The number of hydrogen-bond donors (Lipinski definition) is 0. The third-order valence-electron chi connectivity index (χ3n) is 20.1. The van der Waals surface area contributed by atoms with Crippen LogP contribution in [0.4, 0.5) is 0 Å². The molecule has 0 fully saturated rings. The standard InChI is InChI=1S/C84H78B2N2/c1-49(2)61-43-65(51(5)6)81(66(44-61)52(7)8)85-71-37-35-63(57-29-21-15-22-30-57)79-69-41-59(55-25-17-13-18-26-55)33-39-75(69)87(83(71)79)77-48-74-78(47-73(77)85)88-76-40-34-60(56-27-19-14-20-28-56)42-70(76)80-64(58-31-23-16-24-32-58)36-38-72(84(80)88)86(74)82-67(53(9)10)45-62(50(3)4)46-68(82)54(11)12/h13-54H,1-12H3. The number of aromatic nitrogens is 2. The predicted octanol–water partition coefficient (Wildman–Crippen LogP) is 18.9. The van der Waals surface area contributed by atoms with Crippen LogP contribution in [0.15, 0.2) is 218 Å². The van der Waals surface area contributed by atoms with Crippen LogP contribution in [0.3, 0.4) is 0 Å². The van der Waals surface area contributed by atoms with Gasteiger partial charge >= 0.3 is 0 Å². The Labute approximate surface area is 522 Å². The minimum Gasteiger partial charge on any atom is -0.310 e. The molecule has 15 rings (SSSR count). The van der Waals surface area contributed by atoms with E-state index in [0.717, 1.165) is 0 Å². The van der Waals surface area contributed by atoms with Crippen LogP contribution in [0.1, 0.15) is 152 Å². The Morgan fingerprint density at radius 1 is 0.273 bits per heavy atom. The van der Waals surface area contributed by atoms with E-state index in [4.69, 9.17) is 0 Å². The molecule has 2 nitrogen and oxygen atoms in total. The topological polar surface area (TPSA) is 9.86 Å². The first-order chi connectivity index (χ1) is 42.7. The van der Waals surface area contributed by atoms with Crippen molar-refractivity contribution in [3.8, 4) is 55.9 Å². The molecule has 0 bridgehead atoms. The number of benzene rings is 11. The second-order valence-corrected chi connectivity index (χ2v) is 27.4. The summed E-state index contributed by atoms with van der Waals surface area (Å²) in [5.41, 5.74) is 34.5. The fraction of sp³-hybridized carbons (Fsp3) is 0.214. The van der Waals surface area contributed by atoms with Crippen LogP contribution in [-0.4, -0.2) is 22.6 Å². The Morgan fingerprint density at radius 2 is 0.591 bits per heavy atom. The van der Waals surface area contributed by atoms with Gasteiger partial charge in [0.1, 0.15) is 0 Å². The van der Waals surface area contributed by atoms with Gasteiger partial charge in [0.05, 0.1) is 11.0 Å². The van der Waals surface area contributed by atoms with Gasteiger partial charge in [-0.2, -0.15) is 0 Å². The third-order valence-corrected chi connectivity index (χ3v) is 20.1. The zero-order valence-corrected chi connectivity index (χ0v) is 53.3. The highest BCUT2D eigenvalue weighted by Gasteiger charge is 2.43. The van der Waals surface area contributed by atoms with Gasteiger partial charge in [-0.1, -0.05) is 276 Å². The van der Waals surface area contributed by atoms with Gasteiger partial charge in [0.2, 0.25) is 13.4 Å². The first-order valence-corrected chi connectivity index (χ1v) is 32.6. The Bertz CT molecular complexity index is 4530. The summed E-state index contributed by atoms with van der Waals surface area (Å²) in [6.07, 6.45) is 0. The molecule has 0 N–H and O–H groups in total. The average molecular weight is 1140 g/mol. The minimum atomic E-state index is -0.0886. The van der Waals surface area contributed by atoms with Crippen molar-refractivity contribution in [2.24, 2.45) is 0 Å². The zero-order valence-electron chi connectivity index (χ0n) is 53.3. The van der Waals surface area contributed by atoms with Gasteiger partial charge in [-0.05, 0) is 172 Å². The number of rotatable bonds is 12. The SMILES string of the molecule is CC(C)c1cc(C(C)C)c(B2c3cc4c(cc3-n3c5ccc(-c6ccccc6)cc5c5c(-c6ccccc6)ccc2c53)B(c2c(C(C)C)cc(C(C)C)cc2C(C)C)c2ccc(-c3ccccc3)c3c5cc(-c6ccccc6)ccc5n-4c23)c(C(C)C)c1. The molecule has 4 heterocycles. The van der Waals surface area contributed by atoms with Gasteiger partial charge in [0.15, 0.2) is 0 Å². The third kappa shape index (κ3) is 8.67. The highest BCUT2D eigenvalue weighted by atomic mass is 15.0. The largest absolute Gasteiger partial charge is 0.310 e. The average Bonchev–Trinajstić information content (AvgIpc) is 1.45. The maximum Gasteiger partial charge on any atom is 0.247 e. The molecule has 4 heteroatoms. The quantitative estimate of drug-likeness (QED) is 0.108. The normalized spacial score (nSPS) is 12.9. The van der Waals surface area contributed by atoms with E-state index in [-0.39, 0.29) is 37.1 Å². The fourth-order valence-electron chi connectivity index (χ4n) is 15.8. The van der Waals surface area contributed by atoms with E-state index in [0.29, 0.717) is 11.8 Å². The Morgan fingerprint density at radius 3 is 0.898 bits per heavy atom. The molecule has 0 unspecified atom stereocenters. The smallest absolute Gasteiger partial charge is 0.247 e. The van der Waals surface area contributed by atoms with Crippen molar-refractivity contribution in [2.45, 2.75) is 119 Å². The van der Waals surface area contributed by atoms with Gasteiger partial charge in [-0.3, -0.25) is 0 Å². The lowest BCUT2D eigenvalue weighted by Gasteiger charge is -2.36. The zero-order chi connectivity index (χ0) is 60.5. The highest BCUT2D eigenvalue weighted by molar-refractivity contribution is 7.00. The molecule has 11 aromatic carbocycles. The Balaban J connectivity index is 1.17. The monoisotopic (exact) mass is 1140 g/mol.